The third-order valence-electron chi connectivity index (χ3n) is 0. The summed E-state index contributed by atoms with van der Waals surface area (Å²) < 4.78 is 0. The predicted molar refractivity (Wildman–Crippen MR) is 27.7 cm³/mol. The van der Waals surface area contributed by atoms with E-state index >= 15 is 0 Å². The van der Waals surface area contributed by atoms with Gasteiger partial charge in [-0.2, -0.15) is 0 Å². The molecule has 0 aliphatic carbocycles. The van der Waals surface area contributed by atoms with Gasteiger partial charge in [-0.25, -0.2) is 0 Å². The Morgan fingerprint density at radius 1 is 2.00 bits per heavy atom. The normalized spacial score (nSPS) is 21.4. The molecule has 0 amide bonds. The summed E-state index contributed by atoms with van der Waals surface area (Å²) in [6.45, 7) is 0. The van der Waals surface area contributed by atoms with Crippen molar-refractivity contribution in [3.8, 4) is 0 Å². The molecule has 0 radical (unpaired) electrons. The molecule has 1 unspecified atom stereocenters. The highest BCUT2D eigenvalue weighted by atomic mass is 32.9. The summed E-state index contributed by atoms with van der Waals surface area (Å²) in [5.74, 6) is 0. The SMILES string of the molecule is OP([18OH])(=S)S. The molecule has 32 valence electrons. The zero-order chi connectivity index (χ0) is 4.50. The molecule has 0 fully saturated rings. The summed E-state index contributed by atoms with van der Waals surface area (Å²) in [5.41, 5.74) is -3.11. The molecule has 0 saturated carbocycles. The Labute approximate surface area is 40.2 Å². The molecule has 2 nitrogen and oxygen atoms in total. The third-order valence-corrected chi connectivity index (χ3v) is 0. The van der Waals surface area contributed by atoms with Gasteiger partial charge in [0.2, 0.25) is 5.69 Å². The summed E-state index contributed by atoms with van der Waals surface area (Å²) in [6, 6.07) is 0. The minimum Gasteiger partial charge on any atom is -0.338 e. The zero-order valence-corrected chi connectivity index (χ0v) is 4.80. The lowest BCUT2D eigenvalue weighted by molar-refractivity contribution is 0.503. The number of hydrogen-bond acceptors (Lipinski definition) is 1. The van der Waals surface area contributed by atoms with Gasteiger partial charge in [0.15, 0.2) is 0 Å². The van der Waals surface area contributed by atoms with Gasteiger partial charge in [0.05, 0.1) is 0 Å². The molecule has 0 spiro atoms. The second-order valence-corrected chi connectivity index (χ2v) is 5.55. The van der Waals surface area contributed by atoms with Crippen molar-refractivity contribution in [1.29, 1.82) is 0 Å². The van der Waals surface area contributed by atoms with Crippen molar-refractivity contribution < 1.29 is 9.79 Å². The van der Waals surface area contributed by atoms with Crippen molar-refractivity contribution >= 4 is 29.7 Å². The minimum atomic E-state index is -3.11. The van der Waals surface area contributed by atoms with Gasteiger partial charge in [-0.05, 0) is 11.8 Å². The maximum atomic E-state index is 7.87. The highest BCUT2D eigenvalue weighted by Gasteiger charge is 1.90. The lowest BCUT2D eigenvalue weighted by Gasteiger charge is -1.88. The summed E-state index contributed by atoms with van der Waals surface area (Å²) >= 11 is 7.07. The predicted octanol–water partition coefficient (Wildman–Crippen LogP) is 0.125. The highest BCUT2D eigenvalue weighted by Crippen LogP contribution is 2.39. The summed E-state index contributed by atoms with van der Waals surface area (Å²) in [5, 5.41) is 0. The zero-order valence-electron chi connectivity index (χ0n) is 2.20. The average Bonchev–Trinajstić information content (AvgIpc) is 0.722. The average molecular weight is 132 g/mol. The van der Waals surface area contributed by atoms with Crippen molar-refractivity contribution in [3.05, 3.63) is 0 Å². The van der Waals surface area contributed by atoms with Crippen LogP contribution in [0.3, 0.4) is 0 Å². The third kappa shape index (κ3) is 49.6. The fourth-order valence-corrected chi connectivity index (χ4v) is 0. The van der Waals surface area contributed by atoms with Gasteiger partial charge in [-0.15, -0.1) is 0 Å². The topological polar surface area (TPSA) is 40.5 Å². The Morgan fingerprint density at radius 3 is 2.00 bits per heavy atom. The Balaban J connectivity index is 3.47. The molecule has 0 aromatic rings. The first-order chi connectivity index (χ1) is 2.00. The van der Waals surface area contributed by atoms with E-state index in [-0.39, 0.29) is 0 Å². The van der Waals surface area contributed by atoms with Gasteiger partial charge in [-0.1, -0.05) is 12.2 Å². The molecule has 1 atom stereocenters. The van der Waals surface area contributed by atoms with Crippen LogP contribution in [0.1, 0.15) is 0 Å². The largest absolute Gasteiger partial charge is 0.338 e. The summed E-state index contributed by atoms with van der Waals surface area (Å²) in [6.07, 6.45) is 0. The van der Waals surface area contributed by atoms with E-state index in [1.807, 2.05) is 0 Å². The molecule has 0 aliphatic rings. The molecule has 5 heavy (non-hydrogen) atoms. The van der Waals surface area contributed by atoms with Crippen LogP contribution in [0.5, 0.6) is 0 Å². The Kier molecular flexibility index (Phi) is 1.87. The van der Waals surface area contributed by atoms with Gasteiger partial charge >= 0.3 is 0 Å². The summed E-state index contributed by atoms with van der Waals surface area (Å²) in [7, 11) is 0. The van der Waals surface area contributed by atoms with Crippen molar-refractivity contribution in [1.82, 2.24) is 0 Å². The van der Waals surface area contributed by atoms with Gasteiger partial charge in [0.1, 0.15) is 0 Å². The molecule has 0 aliphatic heterocycles. The fourth-order valence-electron chi connectivity index (χ4n) is 0. The van der Waals surface area contributed by atoms with E-state index in [1.54, 1.807) is 0 Å². The quantitative estimate of drug-likeness (QED) is 0.249. The van der Waals surface area contributed by atoms with Crippen LogP contribution in [0.15, 0.2) is 0 Å². The molecule has 0 saturated heterocycles. The second-order valence-electron chi connectivity index (χ2n) is 0.513. The van der Waals surface area contributed by atoms with E-state index in [4.69, 9.17) is 9.79 Å². The number of rotatable bonds is 0. The van der Waals surface area contributed by atoms with Crippen LogP contribution in [0.25, 0.3) is 0 Å². The lowest BCUT2D eigenvalue weighted by Crippen LogP contribution is -1.53. The molecule has 2 N–H and O–H groups in total. The van der Waals surface area contributed by atoms with Gasteiger partial charge < -0.3 is 9.79 Å². The van der Waals surface area contributed by atoms with Crippen LogP contribution in [-0.4, -0.2) is 9.79 Å². The minimum absolute atomic E-state index is 3.11. The molecule has 0 heterocycles. The lowest BCUT2D eigenvalue weighted by atomic mass is 15.9. The first-order valence-corrected chi connectivity index (χ1v) is 4.64. The van der Waals surface area contributed by atoms with E-state index in [0.29, 0.717) is 0 Å². The monoisotopic (exact) mass is 132 g/mol. The maximum Gasteiger partial charge on any atom is 0.239 e. The first kappa shape index (κ1) is 5.92. The molecule has 0 aromatic carbocycles. The number of hydrogen-bond donors (Lipinski definition) is 3. The maximum absolute atomic E-state index is 7.87. The first-order valence-electron chi connectivity index (χ1n) is 0.783. The van der Waals surface area contributed by atoms with Crippen molar-refractivity contribution in [2.45, 2.75) is 0 Å². The van der Waals surface area contributed by atoms with E-state index in [1.165, 1.54) is 0 Å². The second kappa shape index (κ2) is 1.58. The Morgan fingerprint density at radius 2 is 2.00 bits per heavy atom. The standard InChI is InChI=1S/H3O2PS2/c1-3(2,4)5/h(H3,1,2,4,5)/i1+2. The van der Waals surface area contributed by atoms with E-state index in [2.05, 4.69) is 24.1 Å². The van der Waals surface area contributed by atoms with Crippen LogP contribution in [0.2, 0.25) is 0 Å². The van der Waals surface area contributed by atoms with E-state index in [0.717, 1.165) is 0 Å². The summed E-state index contributed by atoms with van der Waals surface area (Å²) in [4.78, 5) is 15.7. The molecular formula is H3O2PS2. The molecule has 0 bridgehead atoms. The van der Waals surface area contributed by atoms with Crippen LogP contribution < -0.4 is 0 Å². The number of thiol groups is 1. The molecule has 0 rings (SSSR count). The van der Waals surface area contributed by atoms with Crippen LogP contribution >= 0.6 is 17.9 Å². The van der Waals surface area contributed by atoms with Gasteiger partial charge in [-0.3, -0.25) is 0 Å². The molecular weight excluding hydrogens is 129 g/mol. The highest BCUT2D eigenvalue weighted by molar-refractivity contribution is 8.59. The van der Waals surface area contributed by atoms with Gasteiger partial charge in [0, 0.05) is 0 Å². The molecule has 0 aromatic heterocycles. The Bertz CT molecular complexity index is 53.8. The van der Waals surface area contributed by atoms with E-state index in [9.17, 15) is 0 Å². The van der Waals surface area contributed by atoms with Crippen molar-refractivity contribution in [3.63, 3.8) is 0 Å². The Hall–Kier alpha value is 0.920. The van der Waals surface area contributed by atoms with Crippen molar-refractivity contribution in [2.75, 3.05) is 0 Å². The fraction of sp³-hybridized carbons (Fsp3) is 0. The van der Waals surface area contributed by atoms with Crippen LogP contribution in [0.4, 0.5) is 0 Å². The van der Waals surface area contributed by atoms with Crippen molar-refractivity contribution in [2.24, 2.45) is 0 Å². The molecule has 5 heteroatoms. The van der Waals surface area contributed by atoms with Gasteiger partial charge in [0.25, 0.3) is 0 Å². The van der Waals surface area contributed by atoms with Crippen LogP contribution in [-0.2, 0) is 11.8 Å². The smallest absolute Gasteiger partial charge is 0.239 e. The van der Waals surface area contributed by atoms with Crippen LogP contribution in [0, 0.1) is 0 Å². The van der Waals surface area contributed by atoms with E-state index < -0.39 is 5.69 Å².